The second-order valence-corrected chi connectivity index (χ2v) is 3.30. The summed E-state index contributed by atoms with van der Waals surface area (Å²) in [7, 11) is 0. The number of hydrogen-bond acceptors (Lipinski definition) is 3. The van der Waals surface area contributed by atoms with Gasteiger partial charge in [0.2, 0.25) is 0 Å². The van der Waals surface area contributed by atoms with Crippen molar-refractivity contribution >= 4 is 6.29 Å². The fraction of sp³-hybridized carbons (Fsp3) is 0.875. The Morgan fingerprint density at radius 1 is 1.45 bits per heavy atom. The Balaban J connectivity index is 2.03. The van der Waals surface area contributed by atoms with E-state index in [0.717, 1.165) is 19.3 Å². The van der Waals surface area contributed by atoms with Gasteiger partial charge in [0, 0.05) is 12.6 Å². The van der Waals surface area contributed by atoms with Crippen molar-refractivity contribution in [2.24, 2.45) is 5.92 Å². The van der Waals surface area contributed by atoms with Crippen molar-refractivity contribution in [3.63, 3.8) is 0 Å². The lowest BCUT2D eigenvalue weighted by Crippen LogP contribution is -2.36. The number of rotatable bonds is 1. The molecule has 0 bridgehead atoms. The van der Waals surface area contributed by atoms with Crippen LogP contribution in [0.15, 0.2) is 0 Å². The van der Waals surface area contributed by atoms with Crippen LogP contribution in [0.4, 0.5) is 0 Å². The van der Waals surface area contributed by atoms with Crippen LogP contribution in [0.25, 0.3) is 0 Å². The van der Waals surface area contributed by atoms with E-state index >= 15 is 0 Å². The number of fused-ring (bicyclic) bond motifs is 1. The molecule has 0 amide bonds. The van der Waals surface area contributed by atoms with Crippen molar-refractivity contribution in [1.29, 1.82) is 0 Å². The average Bonchev–Trinajstić information content (AvgIpc) is 2.47. The molecule has 2 aliphatic rings. The molecule has 0 aromatic heterocycles. The molecule has 0 aromatic rings. The van der Waals surface area contributed by atoms with Gasteiger partial charge in [0.25, 0.3) is 0 Å². The molecular weight excluding hydrogens is 142 g/mol. The molecule has 3 heteroatoms. The first-order valence-electron chi connectivity index (χ1n) is 4.26. The van der Waals surface area contributed by atoms with Gasteiger partial charge in [-0.25, -0.2) is 0 Å². The lowest BCUT2D eigenvalue weighted by atomic mass is 9.95. The third-order valence-electron chi connectivity index (χ3n) is 2.60. The molecule has 0 spiro atoms. The highest BCUT2D eigenvalue weighted by Gasteiger charge is 2.36. The van der Waals surface area contributed by atoms with E-state index in [1.54, 1.807) is 0 Å². The fourth-order valence-corrected chi connectivity index (χ4v) is 1.94. The third kappa shape index (κ3) is 1.19. The van der Waals surface area contributed by atoms with Crippen molar-refractivity contribution < 1.29 is 9.63 Å². The second kappa shape index (κ2) is 2.91. The molecule has 2 atom stereocenters. The van der Waals surface area contributed by atoms with Gasteiger partial charge in [0.05, 0.1) is 12.5 Å². The minimum atomic E-state index is 0.135. The zero-order chi connectivity index (χ0) is 7.68. The lowest BCUT2D eigenvalue weighted by molar-refractivity contribution is -0.142. The van der Waals surface area contributed by atoms with Gasteiger partial charge in [-0.1, -0.05) is 6.42 Å². The van der Waals surface area contributed by atoms with Crippen LogP contribution < -0.4 is 0 Å². The van der Waals surface area contributed by atoms with Gasteiger partial charge in [-0.15, -0.1) is 0 Å². The van der Waals surface area contributed by atoms with Crippen LogP contribution in [0.5, 0.6) is 0 Å². The van der Waals surface area contributed by atoms with E-state index < -0.39 is 0 Å². The molecule has 0 aliphatic carbocycles. The fourth-order valence-electron chi connectivity index (χ4n) is 1.94. The first-order valence-corrected chi connectivity index (χ1v) is 4.26. The van der Waals surface area contributed by atoms with Crippen LogP contribution in [-0.4, -0.2) is 30.5 Å². The number of nitrogens with zero attached hydrogens (tertiary/aromatic N) is 1. The van der Waals surface area contributed by atoms with Crippen LogP contribution in [-0.2, 0) is 9.63 Å². The molecule has 2 fully saturated rings. The van der Waals surface area contributed by atoms with Crippen molar-refractivity contribution in [3.8, 4) is 0 Å². The molecule has 0 N–H and O–H groups in total. The molecule has 0 radical (unpaired) electrons. The van der Waals surface area contributed by atoms with Gasteiger partial charge in [-0.2, -0.15) is 5.06 Å². The maximum atomic E-state index is 10.6. The smallest absolute Gasteiger partial charge is 0.127 e. The van der Waals surface area contributed by atoms with Gasteiger partial charge in [-0.05, 0) is 12.8 Å². The predicted molar refractivity (Wildman–Crippen MR) is 39.9 cm³/mol. The van der Waals surface area contributed by atoms with E-state index in [1.165, 1.54) is 12.8 Å². The van der Waals surface area contributed by atoms with Crippen molar-refractivity contribution in [2.75, 3.05) is 13.2 Å². The Bertz CT molecular complexity index is 160. The third-order valence-corrected chi connectivity index (χ3v) is 2.60. The second-order valence-electron chi connectivity index (χ2n) is 3.30. The van der Waals surface area contributed by atoms with Crippen molar-refractivity contribution in [2.45, 2.75) is 25.3 Å². The minimum Gasteiger partial charge on any atom is -0.303 e. The number of carbonyl (C=O) groups excluding carboxylic acids is 1. The summed E-state index contributed by atoms with van der Waals surface area (Å²) in [4.78, 5) is 15.9. The molecule has 2 aliphatic heterocycles. The Kier molecular flexibility index (Phi) is 1.92. The summed E-state index contributed by atoms with van der Waals surface area (Å²) in [5.74, 6) is 0.135. The maximum absolute atomic E-state index is 10.6. The zero-order valence-electron chi connectivity index (χ0n) is 6.53. The summed E-state index contributed by atoms with van der Waals surface area (Å²) in [6.45, 7) is 1.61. The molecule has 62 valence electrons. The molecule has 0 saturated carbocycles. The molecular formula is C8H13NO2. The molecule has 2 saturated heterocycles. The number of carbonyl (C=O) groups is 1. The maximum Gasteiger partial charge on any atom is 0.127 e. The van der Waals surface area contributed by atoms with E-state index in [9.17, 15) is 4.79 Å². The normalized spacial score (nSPS) is 38.5. The Morgan fingerprint density at radius 3 is 3.18 bits per heavy atom. The molecule has 2 heterocycles. The summed E-state index contributed by atoms with van der Waals surface area (Å²) >= 11 is 0. The highest BCUT2D eigenvalue weighted by atomic mass is 16.7. The molecule has 0 unspecified atom stereocenters. The standard InChI is InChI=1S/C8H13NO2/c10-5-7-6-11-9-4-2-1-3-8(7)9/h5,7-8H,1-4,6H2/t7-,8-/m1/s1. The molecule has 3 nitrogen and oxygen atoms in total. The van der Waals surface area contributed by atoms with Crippen LogP contribution in [0.2, 0.25) is 0 Å². The monoisotopic (exact) mass is 155 g/mol. The van der Waals surface area contributed by atoms with E-state index in [1.807, 2.05) is 5.06 Å². The van der Waals surface area contributed by atoms with Gasteiger partial charge in [0.15, 0.2) is 0 Å². The summed E-state index contributed by atoms with van der Waals surface area (Å²) in [6, 6.07) is 0.390. The summed E-state index contributed by atoms with van der Waals surface area (Å²) in [5, 5.41) is 1.99. The van der Waals surface area contributed by atoms with E-state index in [4.69, 9.17) is 4.84 Å². The number of aldehydes is 1. The van der Waals surface area contributed by atoms with Gasteiger partial charge >= 0.3 is 0 Å². The van der Waals surface area contributed by atoms with Crippen LogP contribution >= 0.6 is 0 Å². The zero-order valence-corrected chi connectivity index (χ0v) is 6.53. The number of hydrogen-bond donors (Lipinski definition) is 0. The van der Waals surface area contributed by atoms with Crippen molar-refractivity contribution in [1.82, 2.24) is 5.06 Å². The number of piperidine rings is 1. The van der Waals surface area contributed by atoms with Gasteiger partial charge in [-0.3, -0.25) is 4.84 Å². The highest BCUT2D eigenvalue weighted by molar-refractivity contribution is 5.55. The topological polar surface area (TPSA) is 29.5 Å². The number of hydroxylamine groups is 2. The lowest BCUT2D eigenvalue weighted by Gasteiger charge is -2.28. The summed E-state index contributed by atoms with van der Waals surface area (Å²) in [5.41, 5.74) is 0. The average molecular weight is 155 g/mol. The molecule has 2 rings (SSSR count). The van der Waals surface area contributed by atoms with E-state index in [0.29, 0.717) is 12.6 Å². The van der Waals surface area contributed by atoms with E-state index in [2.05, 4.69) is 0 Å². The Morgan fingerprint density at radius 2 is 2.36 bits per heavy atom. The van der Waals surface area contributed by atoms with Gasteiger partial charge in [0.1, 0.15) is 6.29 Å². The van der Waals surface area contributed by atoms with Crippen LogP contribution in [0.3, 0.4) is 0 Å². The largest absolute Gasteiger partial charge is 0.303 e. The van der Waals surface area contributed by atoms with Gasteiger partial charge < -0.3 is 4.79 Å². The summed E-state index contributed by atoms with van der Waals surface area (Å²) in [6.07, 6.45) is 4.62. The highest BCUT2D eigenvalue weighted by Crippen LogP contribution is 2.28. The van der Waals surface area contributed by atoms with Crippen molar-refractivity contribution in [3.05, 3.63) is 0 Å². The van der Waals surface area contributed by atoms with Crippen LogP contribution in [0, 0.1) is 5.92 Å². The quantitative estimate of drug-likeness (QED) is 0.519. The Hall–Kier alpha value is -0.410. The first kappa shape index (κ1) is 7.25. The summed E-state index contributed by atoms with van der Waals surface area (Å²) < 4.78 is 0. The predicted octanol–water partition coefficient (Wildman–Crippen LogP) is 0.601. The minimum absolute atomic E-state index is 0.135. The molecule has 11 heavy (non-hydrogen) atoms. The van der Waals surface area contributed by atoms with Crippen LogP contribution in [0.1, 0.15) is 19.3 Å². The molecule has 0 aromatic carbocycles. The Labute approximate surface area is 66.3 Å². The first-order chi connectivity index (χ1) is 5.42. The van der Waals surface area contributed by atoms with E-state index in [-0.39, 0.29) is 5.92 Å². The SMILES string of the molecule is O=C[C@@H]1CON2CCCC[C@H]12.